The predicted octanol–water partition coefficient (Wildman–Crippen LogP) is 3.11. The third-order valence-electron chi connectivity index (χ3n) is 7.55. The van der Waals surface area contributed by atoms with Crippen LogP contribution in [0.15, 0.2) is 52.9 Å². The zero-order valence-electron chi connectivity index (χ0n) is 23.0. The highest BCUT2D eigenvalue weighted by molar-refractivity contribution is 7.99. The minimum atomic E-state index is -3.97. The molecule has 4 rings (SSSR count). The van der Waals surface area contributed by atoms with Crippen LogP contribution in [0, 0.1) is 11.6 Å². The molecule has 0 radical (unpaired) electrons. The van der Waals surface area contributed by atoms with E-state index in [-0.39, 0.29) is 41.7 Å². The summed E-state index contributed by atoms with van der Waals surface area (Å²) in [5.74, 6) is -1.95. The molecule has 1 aliphatic carbocycles. The number of hydrogen-bond donors (Lipinski definition) is 2. The van der Waals surface area contributed by atoms with Gasteiger partial charge in [-0.05, 0) is 60.7 Å². The molecule has 1 fully saturated rings. The minimum absolute atomic E-state index is 0.00642. The number of ether oxygens (including phenoxy) is 1. The second-order valence-corrected chi connectivity index (χ2v) is 14.2. The van der Waals surface area contributed by atoms with Crippen molar-refractivity contribution >= 4 is 30.7 Å². The Hall–Kier alpha value is -2.71. The van der Waals surface area contributed by atoms with Crippen LogP contribution in [-0.4, -0.2) is 65.2 Å². The van der Waals surface area contributed by atoms with Crippen LogP contribution in [-0.2, 0) is 36.0 Å². The second-order valence-electron chi connectivity index (χ2n) is 10.6. The molecular formula is C28H35F2N3O6S2. The van der Waals surface area contributed by atoms with Gasteiger partial charge in [0.05, 0.1) is 28.6 Å². The summed E-state index contributed by atoms with van der Waals surface area (Å²) in [4.78, 5) is 15.0. The van der Waals surface area contributed by atoms with Crippen LogP contribution in [0.1, 0.15) is 50.2 Å². The number of carbonyl (C=O) groups excluding carboxylic acids is 1. The van der Waals surface area contributed by atoms with E-state index in [0.29, 0.717) is 24.0 Å². The number of rotatable bonds is 10. The van der Waals surface area contributed by atoms with E-state index < -0.39 is 49.0 Å². The number of nitrogens with zero attached hydrogens (tertiary/aromatic N) is 1. The molecule has 2 aliphatic rings. The van der Waals surface area contributed by atoms with E-state index in [1.807, 2.05) is 0 Å². The topological polar surface area (TPSA) is 136 Å². The van der Waals surface area contributed by atoms with Gasteiger partial charge in [-0.2, -0.15) is 0 Å². The summed E-state index contributed by atoms with van der Waals surface area (Å²) >= 11 is 0. The fraction of sp³-hybridized carbons (Fsp3) is 0.464. The molecule has 9 nitrogen and oxygen atoms in total. The summed E-state index contributed by atoms with van der Waals surface area (Å²) in [5.41, 5.74) is 6.42. The Labute approximate surface area is 239 Å². The van der Waals surface area contributed by atoms with Gasteiger partial charge in [0.25, 0.3) is 0 Å². The molecule has 0 aromatic heterocycles. The Bertz CT molecular complexity index is 1520. The largest absolute Gasteiger partial charge is 0.375 e. The summed E-state index contributed by atoms with van der Waals surface area (Å²) in [7, 11) is -7.46. The summed E-state index contributed by atoms with van der Waals surface area (Å²) in [6.07, 6.45) is 4.78. The van der Waals surface area contributed by atoms with Gasteiger partial charge in [-0.15, -0.1) is 0 Å². The van der Waals surface area contributed by atoms with Gasteiger partial charge in [0.2, 0.25) is 15.9 Å². The first-order valence-corrected chi connectivity index (χ1v) is 16.8. The summed E-state index contributed by atoms with van der Waals surface area (Å²) < 4.78 is 86.3. The number of benzene rings is 2. The number of sulfonamides is 1. The number of nitrogens with two attached hydrogens (primary N) is 1. The maximum atomic E-state index is 13.5. The van der Waals surface area contributed by atoms with Crippen LogP contribution < -0.4 is 10.5 Å². The normalized spacial score (nSPS) is 19.0. The van der Waals surface area contributed by atoms with E-state index >= 15 is 0 Å². The van der Waals surface area contributed by atoms with E-state index in [1.165, 1.54) is 29.2 Å². The van der Waals surface area contributed by atoms with Crippen molar-refractivity contribution in [2.24, 2.45) is 5.73 Å². The molecule has 1 saturated carbocycles. The molecule has 1 amide bonds. The summed E-state index contributed by atoms with van der Waals surface area (Å²) in [6, 6.07) is 7.59. The average molecular weight is 612 g/mol. The molecule has 1 heterocycles. The van der Waals surface area contributed by atoms with E-state index in [9.17, 15) is 30.4 Å². The third-order valence-corrected chi connectivity index (χ3v) is 10.4. The molecule has 0 bridgehead atoms. The lowest BCUT2D eigenvalue weighted by Gasteiger charge is -2.37. The maximum Gasteiger partial charge on any atom is 0.242 e. The highest BCUT2D eigenvalue weighted by Crippen LogP contribution is 2.46. The van der Waals surface area contributed by atoms with Gasteiger partial charge < -0.3 is 15.4 Å². The van der Waals surface area contributed by atoms with Crippen LogP contribution in [0.4, 0.5) is 8.78 Å². The van der Waals surface area contributed by atoms with Crippen LogP contribution in [0.3, 0.4) is 0 Å². The first kappa shape index (κ1) is 31.2. The monoisotopic (exact) mass is 611 g/mol. The molecule has 13 heteroatoms. The number of halogens is 2. The highest BCUT2D eigenvalue weighted by atomic mass is 32.2. The van der Waals surface area contributed by atoms with Gasteiger partial charge in [-0.25, -0.2) is 30.3 Å². The molecule has 41 heavy (non-hydrogen) atoms. The number of carbonyl (C=O) groups is 1. The Morgan fingerprint density at radius 3 is 2.27 bits per heavy atom. The van der Waals surface area contributed by atoms with Gasteiger partial charge in [0.15, 0.2) is 9.84 Å². The number of nitrogens with one attached hydrogen (secondary N) is 1. The van der Waals surface area contributed by atoms with Crippen molar-refractivity contribution in [1.82, 2.24) is 9.62 Å². The molecule has 1 aliphatic heterocycles. The number of likely N-dealkylation sites (N-methyl/N-ethyl adjacent to an activating group) is 1. The van der Waals surface area contributed by atoms with Crippen molar-refractivity contribution in [2.75, 3.05) is 26.0 Å². The van der Waals surface area contributed by atoms with Gasteiger partial charge in [-0.3, -0.25) is 4.79 Å². The maximum absolute atomic E-state index is 13.5. The van der Waals surface area contributed by atoms with Crippen molar-refractivity contribution in [3.63, 3.8) is 0 Å². The Balaban J connectivity index is 1.61. The first-order chi connectivity index (χ1) is 19.3. The van der Waals surface area contributed by atoms with Gasteiger partial charge in [0, 0.05) is 25.4 Å². The Morgan fingerprint density at radius 2 is 1.71 bits per heavy atom. The van der Waals surface area contributed by atoms with E-state index in [0.717, 1.165) is 43.7 Å². The fourth-order valence-electron chi connectivity index (χ4n) is 5.55. The standard InChI is InChI=1S/C28H35F2N3O6S2/c1-3-33(27(34)25(31)18-39-17-19-13-21(29)15-22(30)14-19)16-24-26(20-7-9-23(10-8-20)40(2,35)36)41(37,38)32-28(24)11-5-4-6-12-28/h7-10,13-15,25,32H,3-6,11-12,16-18,31H2,1-2H3/t25-/m1/s1. The molecule has 1 atom stereocenters. The fourth-order valence-corrected chi connectivity index (χ4v) is 8.16. The van der Waals surface area contributed by atoms with Crippen LogP contribution in [0.25, 0.3) is 4.91 Å². The minimum Gasteiger partial charge on any atom is -0.375 e. The van der Waals surface area contributed by atoms with Gasteiger partial charge in [0.1, 0.15) is 17.7 Å². The average Bonchev–Trinajstić information content (AvgIpc) is 3.10. The van der Waals surface area contributed by atoms with Crippen molar-refractivity contribution < 1.29 is 35.1 Å². The Kier molecular flexibility index (Phi) is 9.34. The van der Waals surface area contributed by atoms with Crippen molar-refractivity contribution in [1.29, 1.82) is 0 Å². The second kappa shape index (κ2) is 12.3. The number of sulfone groups is 1. The van der Waals surface area contributed by atoms with E-state index in [4.69, 9.17) is 10.5 Å². The van der Waals surface area contributed by atoms with Crippen LogP contribution in [0.2, 0.25) is 0 Å². The quantitative estimate of drug-likeness (QED) is 0.422. The van der Waals surface area contributed by atoms with Gasteiger partial charge in [-0.1, -0.05) is 31.4 Å². The molecule has 2 aromatic carbocycles. The van der Waals surface area contributed by atoms with Crippen molar-refractivity contribution in [3.05, 3.63) is 70.8 Å². The highest BCUT2D eigenvalue weighted by Gasteiger charge is 2.49. The number of amides is 1. The molecular weight excluding hydrogens is 576 g/mol. The number of hydrogen-bond acceptors (Lipinski definition) is 7. The molecule has 0 unspecified atom stereocenters. The lowest BCUT2D eigenvalue weighted by atomic mass is 9.76. The van der Waals surface area contributed by atoms with Gasteiger partial charge >= 0.3 is 0 Å². The lowest BCUT2D eigenvalue weighted by Crippen LogP contribution is -2.51. The van der Waals surface area contributed by atoms with Crippen LogP contribution in [0.5, 0.6) is 0 Å². The summed E-state index contributed by atoms with van der Waals surface area (Å²) in [5, 5.41) is 0. The molecule has 3 N–H and O–H groups in total. The SMILES string of the molecule is CCN(CC1=C(c2ccc(S(C)(=O)=O)cc2)S(=O)(=O)NC12CCCCC2)C(=O)[C@H](N)COCc1cc(F)cc(F)c1. The zero-order chi connectivity index (χ0) is 30.0. The first-order valence-electron chi connectivity index (χ1n) is 13.4. The van der Waals surface area contributed by atoms with Crippen molar-refractivity contribution in [2.45, 2.75) is 62.1 Å². The Morgan fingerprint density at radius 1 is 1.10 bits per heavy atom. The molecule has 1 spiro atoms. The molecule has 0 saturated heterocycles. The van der Waals surface area contributed by atoms with E-state index in [1.54, 1.807) is 6.92 Å². The summed E-state index contributed by atoms with van der Waals surface area (Å²) in [6.45, 7) is 1.63. The third kappa shape index (κ3) is 7.03. The molecule has 224 valence electrons. The smallest absolute Gasteiger partial charge is 0.242 e. The van der Waals surface area contributed by atoms with E-state index in [2.05, 4.69) is 4.72 Å². The lowest BCUT2D eigenvalue weighted by molar-refractivity contribution is -0.133. The molecule has 2 aromatic rings. The van der Waals surface area contributed by atoms with Crippen molar-refractivity contribution in [3.8, 4) is 0 Å². The predicted molar refractivity (Wildman–Crippen MR) is 151 cm³/mol. The van der Waals surface area contributed by atoms with Crippen LogP contribution >= 0.6 is 0 Å². The zero-order valence-corrected chi connectivity index (χ0v) is 24.7.